The van der Waals surface area contributed by atoms with Crippen LogP contribution in [-0.2, 0) is 14.0 Å². The molecule has 0 radical (unpaired) electrons. The predicted molar refractivity (Wildman–Crippen MR) is 150 cm³/mol. The quantitative estimate of drug-likeness (QED) is 0.422. The fourth-order valence-electron chi connectivity index (χ4n) is 5.69. The van der Waals surface area contributed by atoms with E-state index in [4.69, 9.17) is 9.16 Å². The molecule has 3 atom stereocenters. The van der Waals surface area contributed by atoms with Crippen molar-refractivity contribution in [2.45, 2.75) is 70.6 Å². The van der Waals surface area contributed by atoms with Gasteiger partial charge in [-0.05, 0) is 53.9 Å². The van der Waals surface area contributed by atoms with Gasteiger partial charge in [-0.25, -0.2) is 8.78 Å². The van der Waals surface area contributed by atoms with Crippen LogP contribution in [0.5, 0.6) is 0 Å². The predicted octanol–water partition coefficient (Wildman–Crippen LogP) is 4.93. The molecule has 0 aliphatic carbocycles. The van der Waals surface area contributed by atoms with Crippen molar-refractivity contribution in [1.82, 2.24) is 4.90 Å². The van der Waals surface area contributed by atoms with Crippen molar-refractivity contribution in [2.24, 2.45) is 0 Å². The molecule has 208 valence electrons. The van der Waals surface area contributed by atoms with Gasteiger partial charge >= 0.3 is 0 Å². The number of nitrogens with zero attached hydrogens (tertiary/aromatic N) is 1. The second-order valence-electron chi connectivity index (χ2n) is 11.8. The lowest BCUT2D eigenvalue weighted by Crippen LogP contribution is -2.68. The third-order valence-corrected chi connectivity index (χ3v) is 12.5. The van der Waals surface area contributed by atoms with Crippen LogP contribution in [0.4, 0.5) is 8.78 Å². The minimum Gasteiger partial charge on any atom is -0.402 e. The SMILES string of the molecule is CC(O[Si](c1ccccc1)(c1ccccc1)C(C)(C)C)C(c1ccc(F)c(F)c1)N1CC(C)(C)OC(O)C1=O. The maximum atomic E-state index is 14.6. The largest absolute Gasteiger partial charge is 0.402 e. The molecule has 3 aromatic carbocycles. The van der Waals surface area contributed by atoms with Gasteiger partial charge in [0.2, 0.25) is 6.29 Å². The minimum absolute atomic E-state index is 0.126. The molecule has 0 saturated carbocycles. The van der Waals surface area contributed by atoms with Crippen LogP contribution < -0.4 is 10.4 Å². The lowest BCUT2D eigenvalue weighted by atomic mass is 9.96. The van der Waals surface area contributed by atoms with Crippen molar-refractivity contribution in [3.05, 3.63) is 96.1 Å². The molecule has 1 amide bonds. The molecule has 1 aliphatic heterocycles. The van der Waals surface area contributed by atoms with E-state index >= 15 is 0 Å². The number of ether oxygens (including phenoxy) is 1. The molecule has 1 heterocycles. The van der Waals surface area contributed by atoms with Crippen LogP contribution in [0.1, 0.15) is 53.1 Å². The average molecular weight is 554 g/mol. The van der Waals surface area contributed by atoms with E-state index < -0.39 is 49.9 Å². The van der Waals surface area contributed by atoms with Gasteiger partial charge in [-0.1, -0.05) is 87.5 Å². The van der Waals surface area contributed by atoms with Crippen LogP contribution in [0, 0.1) is 11.6 Å². The van der Waals surface area contributed by atoms with Crippen LogP contribution in [0.15, 0.2) is 78.9 Å². The Morgan fingerprint density at radius 3 is 2.00 bits per heavy atom. The van der Waals surface area contributed by atoms with E-state index in [1.54, 1.807) is 13.8 Å². The summed E-state index contributed by atoms with van der Waals surface area (Å²) in [5, 5.41) is 12.2. The van der Waals surface area contributed by atoms with Gasteiger partial charge in [0.05, 0.1) is 24.3 Å². The number of carbonyl (C=O) groups excluding carboxylic acids is 1. The molecule has 0 bridgehead atoms. The Bertz CT molecular complexity index is 1260. The molecule has 8 heteroatoms. The maximum absolute atomic E-state index is 14.6. The summed E-state index contributed by atoms with van der Waals surface area (Å²) >= 11 is 0. The molecule has 3 aromatic rings. The average Bonchev–Trinajstić information content (AvgIpc) is 2.87. The number of aliphatic hydroxyl groups is 1. The van der Waals surface area contributed by atoms with E-state index in [0.29, 0.717) is 5.56 Å². The monoisotopic (exact) mass is 553 g/mol. The lowest BCUT2D eigenvalue weighted by molar-refractivity contribution is -0.226. The van der Waals surface area contributed by atoms with Crippen LogP contribution in [0.2, 0.25) is 5.04 Å². The first kappa shape index (κ1) is 29.1. The normalized spacial score (nSPS) is 19.6. The van der Waals surface area contributed by atoms with Crippen molar-refractivity contribution < 1.29 is 27.8 Å². The zero-order valence-electron chi connectivity index (χ0n) is 23.3. The van der Waals surface area contributed by atoms with E-state index in [1.165, 1.54) is 11.0 Å². The number of carbonyl (C=O) groups is 1. The molecule has 39 heavy (non-hydrogen) atoms. The van der Waals surface area contributed by atoms with Crippen LogP contribution in [0.3, 0.4) is 0 Å². The van der Waals surface area contributed by atoms with Crippen molar-refractivity contribution in [1.29, 1.82) is 0 Å². The summed E-state index contributed by atoms with van der Waals surface area (Å²) in [6.45, 7) is 12.0. The highest BCUT2D eigenvalue weighted by atomic mass is 28.4. The van der Waals surface area contributed by atoms with Crippen molar-refractivity contribution in [3.63, 3.8) is 0 Å². The van der Waals surface area contributed by atoms with Gasteiger partial charge in [0.25, 0.3) is 14.2 Å². The molecule has 1 saturated heterocycles. The first-order valence-corrected chi connectivity index (χ1v) is 15.1. The summed E-state index contributed by atoms with van der Waals surface area (Å²) in [4.78, 5) is 14.8. The minimum atomic E-state index is -3.07. The highest BCUT2D eigenvalue weighted by molar-refractivity contribution is 6.99. The Hall–Kier alpha value is -2.91. The first-order chi connectivity index (χ1) is 18.3. The van der Waals surface area contributed by atoms with Crippen molar-refractivity contribution in [2.75, 3.05) is 6.54 Å². The summed E-state index contributed by atoms with van der Waals surface area (Å²) in [6, 6.07) is 22.9. The van der Waals surface area contributed by atoms with Gasteiger partial charge in [-0.15, -0.1) is 0 Å². The number of halogens is 2. The van der Waals surface area contributed by atoms with Gasteiger partial charge in [0.1, 0.15) is 0 Å². The summed E-state index contributed by atoms with van der Waals surface area (Å²) in [5.41, 5.74) is -0.501. The standard InChI is InChI=1S/C31H37F2NO4Si/c1-21(38-39(30(2,3)4,23-13-9-7-10-14-23)24-15-11-8-12-16-24)27(22-17-18-25(32)26(33)19-22)34-20-31(5,6)37-29(36)28(34)35/h7-19,21,27,29,36H,20H2,1-6H3. The number of benzene rings is 3. The van der Waals surface area contributed by atoms with Crippen molar-refractivity contribution >= 4 is 24.6 Å². The Kier molecular flexibility index (Phi) is 8.15. The number of rotatable bonds is 7. The van der Waals surface area contributed by atoms with E-state index in [-0.39, 0.29) is 11.6 Å². The van der Waals surface area contributed by atoms with Gasteiger partial charge < -0.3 is 19.2 Å². The number of amides is 1. The maximum Gasteiger partial charge on any atom is 0.280 e. The number of hydrogen-bond acceptors (Lipinski definition) is 4. The molecule has 1 fully saturated rings. The molecule has 1 aliphatic rings. The molecular formula is C31H37F2NO4Si. The first-order valence-electron chi connectivity index (χ1n) is 13.2. The van der Waals surface area contributed by atoms with E-state index in [0.717, 1.165) is 22.5 Å². The smallest absolute Gasteiger partial charge is 0.280 e. The molecule has 4 rings (SSSR count). The molecule has 1 N–H and O–H groups in total. The van der Waals surface area contributed by atoms with E-state index in [9.17, 15) is 18.7 Å². The van der Waals surface area contributed by atoms with Crippen LogP contribution >= 0.6 is 0 Å². The Morgan fingerprint density at radius 2 is 1.51 bits per heavy atom. The summed E-state index contributed by atoms with van der Waals surface area (Å²) in [7, 11) is -3.07. The van der Waals surface area contributed by atoms with E-state index in [2.05, 4.69) is 45.0 Å². The fraction of sp³-hybridized carbons (Fsp3) is 0.387. The Balaban J connectivity index is 1.91. The fourth-order valence-corrected chi connectivity index (χ4v) is 10.4. The van der Waals surface area contributed by atoms with Crippen LogP contribution in [-0.4, -0.2) is 48.8 Å². The van der Waals surface area contributed by atoms with E-state index in [1.807, 2.05) is 43.3 Å². The zero-order chi connectivity index (χ0) is 28.6. The van der Waals surface area contributed by atoms with Gasteiger partial charge in [-0.2, -0.15) is 0 Å². The molecule has 0 spiro atoms. The second-order valence-corrected chi connectivity index (χ2v) is 16.1. The van der Waals surface area contributed by atoms with Gasteiger partial charge in [-0.3, -0.25) is 4.79 Å². The zero-order valence-corrected chi connectivity index (χ0v) is 24.3. The summed E-state index contributed by atoms with van der Waals surface area (Å²) in [5.74, 6) is -2.65. The Morgan fingerprint density at radius 1 is 0.974 bits per heavy atom. The highest BCUT2D eigenvalue weighted by Crippen LogP contribution is 2.41. The number of morpholine rings is 1. The number of aliphatic hydroxyl groups excluding tert-OH is 1. The third kappa shape index (κ3) is 5.70. The number of hydrogen-bond donors (Lipinski definition) is 1. The molecular weight excluding hydrogens is 516 g/mol. The van der Waals surface area contributed by atoms with Crippen LogP contribution in [0.25, 0.3) is 0 Å². The highest BCUT2D eigenvalue weighted by Gasteiger charge is 2.53. The van der Waals surface area contributed by atoms with Gasteiger partial charge in [0.15, 0.2) is 11.6 Å². The van der Waals surface area contributed by atoms with Gasteiger partial charge in [0, 0.05) is 0 Å². The summed E-state index contributed by atoms with van der Waals surface area (Å²) < 4.78 is 41.4. The molecule has 0 aromatic heterocycles. The van der Waals surface area contributed by atoms with Crippen molar-refractivity contribution in [3.8, 4) is 0 Å². The summed E-state index contributed by atoms with van der Waals surface area (Å²) in [6.07, 6.45) is -2.35. The lowest BCUT2D eigenvalue weighted by Gasteiger charge is -2.49. The topological polar surface area (TPSA) is 59.0 Å². The Labute approximate surface area is 230 Å². The third-order valence-electron chi connectivity index (χ3n) is 7.32. The molecule has 3 unspecified atom stereocenters. The molecule has 5 nitrogen and oxygen atoms in total. The second kappa shape index (κ2) is 10.9.